The van der Waals surface area contributed by atoms with Gasteiger partial charge in [-0.2, -0.15) is 0 Å². The molecule has 0 saturated carbocycles. The maximum atomic E-state index is 5.41. The van der Waals surface area contributed by atoms with Gasteiger partial charge in [-0.15, -0.1) is 0 Å². The van der Waals surface area contributed by atoms with Crippen LogP contribution in [-0.4, -0.2) is 20.0 Å². The Morgan fingerprint density at radius 2 is 1.47 bits per heavy atom. The van der Waals surface area contributed by atoms with E-state index in [1.165, 1.54) is 44.9 Å². The molecule has 2 nitrogen and oxygen atoms in total. The van der Waals surface area contributed by atoms with Crippen molar-refractivity contribution >= 4 is 0 Å². The first-order valence-corrected chi connectivity index (χ1v) is 6.49. The molecule has 0 aliphatic carbocycles. The molecule has 0 aliphatic rings. The van der Waals surface area contributed by atoms with Crippen LogP contribution in [-0.2, 0) is 9.47 Å². The summed E-state index contributed by atoms with van der Waals surface area (Å²) in [4.78, 5) is 0. The molecule has 1 atom stereocenters. The number of hydrogen-bond donors (Lipinski definition) is 0. The van der Waals surface area contributed by atoms with Gasteiger partial charge in [-0.25, -0.2) is 0 Å². The lowest BCUT2D eigenvalue weighted by Crippen LogP contribution is -2.14. The van der Waals surface area contributed by atoms with Gasteiger partial charge in [0.05, 0.1) is 0 Å². The molecule has 0 aromatic rings. The summed E-state index contributed by atoms with van der Waals surface area (Å²) in [6, 6.07) is 0. The molecular formula is C13H28O2. The Balaban J connectivity index is 3.14. The Hall–Kier alpha value is -0.0800. The molecule has 0 amide bonds. The van der Waals surface area contributed by atoms with E-state index in [4.69, 9.17) is 9.47 Å². The first-order valence-electron chi connectivity index (χ1n) is 6.49. The fourth-order valence-electron chi connectivity index (χ4n) is 1.72. The smallest absolute Gasteiger partial charge is 0.157 e. The van der Waals surface area contributed by atoms with Crippen LogP contribution in [0.1, 0.15) is 65.2 Å². The molecule has 0 aliphatic heterocycles. The van der Waals surface area contributed by atoms with Crippen LogP contribution in [0.25, 0.3) is 0 Å². The fraction of sp³-hybridized carbons (Fsp3) is 1.00. The van der Waals surface area contributed by atoms with Gasteiger partial charge in [0.15, 0.2) is 6.29 Å². The lowest BCUT2D eigenvalue weighted by molar-refractivity contribution is -0.124. The summed E-state index contributed by atoms with van der Waals surface area (Å²) >= 11 is 0. The maximum Gasteiger partial charge on any atom is 0.157 e. The zero-order chi connectivity index (χ0) is 11.4. The molecule has 0 heterocycles. The molecule has 0 aromatic heterocycles. The topological polar surface area (TPSA) is 18.5 Å². The second kappa shape index (κ2) is 12.0. The molecule has 0 saturated heterocycles. The lowest BCUT2D eigenvalue weighted by atomic mass is 10.1. The Bertz CT molecular complexity index is 115. The van der Waals surface area contributed by atoms with E-state index in [1.54, 1.807) is 7.11 Å². The molecule has 0 rings (SSSR count). The van der Waals surface area contributed by atoms with Crippen LogP contribution in [0, 0.1) is 0 Å². The van der Waals surface area contributed by atoms with Crippen molar-refractivity contribution in [3.05, 3.63) is 0 Å². The number of methoxy groups -OCH3 is 1. The minimum absolute atomic E-state index is 0.0191. The zero-order valence-electron chi connectivity index (χ0n) is 10.8. The van der Waals surface area contributed by atoms with Crippen molar-refractivity contribution < 1.29 is 9.47 Å². The first-order chi connectivity index (χ1) is 7.35. The highest BCUT2D eigenvalue weighted by Crippen LogP contribution is 2.11. The quantitative estimate of drug-likeness (QED) is 0.382. The van der Waals surface area contributed by atoms with E-state index >= 15 is 0 Å². The standard InChI is InChI=1S/C13H28O2/c1-4-6-7-8-9-10-11-12-13(14-3)15-5-2/h13H,4-12H2,1-3H3. The van der Waals surface area contributed by atoms with Crippen LogP contribution in [0.3, 0.4) is 0 Å². The summed E-state index contributed by atoms with van der Waals surface area (Å²) in [5.74, 6) is 0. The third kappa shape index (κ3) is 10.2. The first kappa shape index (κ1) is 14.9. The maximum absolute atomic E-state index is 5.41. The van der Waals surface area contributed by atoms with Gasteiger partial charge >= 0.3 is 0 Å². The predicted octanol–water partition coefficient (Wildman–Crippen LogP) is 4.14. The lowest BCUT2D eigenvalue weighted by Gasteiger charge is -2.14. The Labute approximate surface area is 95.3 Å². The number of unbranched alkanes of at least 4 members (excludes halogenated alkanes) is 6. The van der Waals surface area contributed by atoms with Crippen LogP contribution in [0.4, 0.5) is 0 Å². The van der Waals surface area contributed by atoms with Crippen molar-refractivity contribution in [2.45, 2.75) is 71.5 Å². The van der Waals surface area contributed by atoms with Crippen molar-refractivity contribution in [2.75, 3.05) is 13.7 Å². The third-order valence-corrected chi connectivity index (χ3v) is 2.66. The molecule has 1 unspecified atom stereocenters. The van der Waals surface area contributed by atoms with Gasteiger partial charge < -0.3 is 9.47 Å². The molecule has 0 bridgehead atoms. The number of ether oxygens (including phenoxy) is 2. The fourth-order valence-corrected chi connectivity index (χ4v) is 1.72. The van der Waals surface area contributed by atoms with Gasteiger partial charge in [-0.05, 0) is 19.8 Å². The number of hydrogen-bond acceptors (Lipinski definition) is 2. The molecule has 0 aromatic carbocycles. The van der Waals surface area contributed by atoms with Gasteiger partial charge in [0, 0.05) is 13.7 Å². The van der Waals surface area contributed by atoms with Crippen molar-refractivity contribution in [1.29, 1.82) is 0 Å². The second-order valence-corrected chi connectivity index (χ2v) is 4.03. The molecular weight excluding hydrogens is 188 g/mol. The van der Waals surface area contributed by atoms with E-state index in [0.29, 0.717) is 0 Å². The van der Waals surface area contributed by atoms with Gasteiger partial charge in [0.1, 0.15) is 0 Å². The van der Waals surface area contributed by atoms with E-state index in [0.717, 1.165) is 13.0 Å². The normalized spacial score (nSPS) is 13.0. The van der Waals surface area contributed by atoms with E-state index in [1.807, 2.05) is 6.92 Å². The van der Waals surface area contributed by atoms with Crippen LogP contribution in [0.5, 0.6) is 0 Å². The monoisotopic (exact) mass is 216 g/mol. The second-order valence-electron chi connectivity index (χ2n) is 4.03. The van der Waals surface area contributed by atoms with E-state index in [2.05, 4.69) is 6.92 Å². The molecule has 2 heteroatoms. The van der Waals surface area contributed by atoms with Gasteiger partial charge in [-0.3, -0.25) is 0 Å². The summed E-state index contributed by atoms with van der Waals surface area (Å²) in [5.41, 5.74) is 0. The van der Waals surface area contributed by atoms with Crippen molar-refractivity contribution in [3.8, 4) is 0 Å². The SMILES string of the molecule is CCCCCCCCCC(OC)OCC. The summed E-state index contributed by atoms with van der Waals surface area (Å²) in [6.45, 7) is 5.01. The largest absolute Gasteiger partial charge is 0.356 e. The van der Waals surface area contributed by atoms with E-state index in [9.17, 15) is 0 Å². The third-order valence-electron chi connectivity index (χ3n) is 2.66. The molecule has 0 fully saturated rings. The van der Waals surface area contributed by atoms with Gasteiger partial charge in [0.2, 0.25) is 0 Å². The summed E-state index contributed by atoms with van der Waals surface area (Å²) < 4.78 is 10.6. The van der Waals surface area contributed by atoms with E-state index < -0.39 is 0 Å². The molecule has 0 N–H and O–H groups in total. The van der Waals surface area contributed by atoms with Crippen molar-refractivity contribution in [1.82, 2.24) is 0 Å². The van der Waals surface area contributed by atoms with Crippen LogP contribution in [0.2, 0.25) is 0 Å². The van der Waals surface area contributed by atoms with Gasteiger partial charge in [0.25, 0.3) is 0 Å². The van der Waals surface area contributed by atoms with Gasteiger partial charge in [-0.1, -0.05) is 45.4 Å². The van der Waals surface area contributed by atoms with Crippen LogP contribution >= 0.6 is 0 Å². The van der Waals surface area contributed by atoms with Crippen LogP contribution in [0.15, 0.2) is 0 Å². The summed E-state index contributed by atoms with van der Waals surface area (Å²) in [6.07, 6.45) is 10.5. The Kier molecular flexibility index (Phi) is 11.9. The van der Waals surface area contributed by atoms with Crippen molar-refractivity contribution in [3.63, 3.8) is 0 Å². The summed E-state index contributed by atoms with van der Waals surface area (Å²) in [7, 11) is 1.72. The molecule has 0 radical (unpaired) electrons. The van der Waals surface area contributed by atoms with Crippen molar-refractivity contribution in [2.24, 2.45) is 0 Å². The zero-order valence-corrected chi connectivity index (χ0v) is 10.8. The minimum Gasteiger partial charge on any atom is -0.356 e. The molecule has 92 valence electrons. The minimum atomic E-state index is 0.0191. The molecule has 0 spiro atoms. The Morgan fingerprint density at radius 1 is 0.867 bits per heavy atom. The average molecular weight is 216 g/mol. The summed E-state index contributed by atoms with van der Waals surface area (Å²) in [5, 5.41) is 0. The predicted molar refractivity (Wildman–Crippen MR) is 65.0 cm³/mol. The molecule has 15 heavy (non-hydrogen) atoms. The highest BCUT2D eigenvalue weighted by Gasteiger charge is 2.04. The number of rotatable bonds is 11. The van der Waals surface area contributed by atoms with Crippen LogP contribution < -0.4 is 0 Å². The average Bonchev–Trinajstić information content (AvgIpc) is 2.26. The highest BCUT2D eigenvalue weighted by molar-refractivity contribution is 4.48. The highest BCUT2D eigenvalue weighted by atomic mass is 16.7. The van der Waals surface area contributed by atoms with E-state index in [-0.39, 0.29) is 6.29 Å². The Morgan fingerprint density at radius 3 is 2.00 bits per heavy atom.